The number of pyridine rings is 2. The van der Waals surface area contributed by atoms with Crippen molar-refractivity contribution in [3.63, 3.8) is 0 Å². The van der Waals surface area contributed by atoms with Gasteiger partial charge < -0.3 is 24.5 Å². The lowest BCUT2D eigenvalue weighted by Crippen LogP contribution is -2.29. The van der Waals surface area contributed by atoms with Crippen LogP contribution in [0.15, 0.2) is 78.3 Å². The van der Waals surface area contributed by atoms with E-state index in [4.69, 9.17) is 14.2 Å². The summed E-state index contributed by atoms with van der Waals surface area (Å²) in [6.07, 6.45) is 7.36. The van der Waals surface area contributed by atoms with Crippen molar-refractivity contribution in [3.8, 4) is 34.4 Å². The molecule has 4 heterocycles. The first-order valence-electron chi connectivity index (χ1n) is 14.0. The van der Waals surface area contributed by atoms with Gasteiger partial charge >= 0.3 is 0 Å². The number of H-pyrrole nitrogens is 1. The van der Waals surface area contributed by atoms with Crippen LogP contribution < -0.4 is 14.8 Å². The fraction of sp³-hybridized carbons (Fsp3) is 0.212. The van der Waals surface area contributed by atoms with Gasteiger partial charge in [0, 0.05) is 54.1 Å². The van der Waals surface area contributed by atoms with Gasteiger partial charge in [-0.05, 0) is 61.7 Å². The van der Waals surface area contributed by atoms with Crippen molar-refractivity contribution in [2.75, 3.05) is 18.5 Å². The quantitative estimate of drug-likeness (QED) is 0.198. The standard InChI is InChI=1S/C33H28F2N6O3/c1-19(2)43-28-4-3-22(12-23(28)15-36)25-17-39-32-30(25)29(7-10-38-32)44-31-26(34)13-24(14-27(31)35)41-33-40-16-21(18-42-33)11-20-5-8-37-9-6-20/h3-10,12-14,17,19,21H,11,16,18H2,1-2H3,(H,38,39)(H,40,41). The van der Waals surface area contributed by atoms with E-state index in [1.807, 2.05) is 26.0 Å². The zero-order valence-electron chi connectivity index (χ0n) is 24.0. The number of nitrogens with zero attached hydrogens (tertiary/aromatic N) is 4. The monoisotopic (exact) mass is 594 g/mol. The molecule has 9 nitrogen and oxygen atoms in total. The molecule has 6 rings (SSSR count). The molecule has 0 saturated carbocycles. The maximum atomic E-state index is 15.3. The van der Waals surface area contributed by atoms with E-state index in [-0.39, 0.29) is 29.5 Å². The molecule has 2 N–H and O–H groups in total. The summed E-state index contributed by atoms with van der Waals surface area (Å²) in [6.45, 7) is 4.69. The summed E-state index contributed by atoms with van der Waals surface area (Å²) >= 11 is 0. The highest BCUT2D eigenvalue weighted by Crippen LogP contribution is 2.39. The first-order chi connectivity index (χ1) is 21.4. The van der Waals surface area contributed by atoms with Gasteiger partial charge in [-0.25, -0.2) is 18.8 Å². The molecule has 0 radical (unpaired) electrons. The Labute approximate surface area is 252 Å². The van der Waals surface area contributed by atoms with Crippen molar-refractivity contribution >= 4 is 22.7 Å². The highest BCUT2D eigenvalue weighted by atomic mass is 19.1. The predicted octanol–water partition coefficient (Wildman–Crippen LogP) is 7.01. The summed E-state index contributed by atoms with van der Waals surface area (Å²) in [5.41, 5.74) is 3.40. The van der Waals surface area contributed by atoms with Crippen molar-refractivity contribution in [2.24, 2.45) is 10.9 Å². The molecule has 0 saturated heterocycles. The van der Waals surface area contributed by atoms with Crippen LogP contribution in [0.1, 0.15) is 25.0 Å². The molecule has 0 amide bonds. The number of hydrogen-bond acceptors (Lipinski definition) is 8. The van der Waals surface area contributed by atoms with Crippen LogP contribution in [0.5, 0.6) is 17.2 Å². The summed E-state index contributed by atoms with van der Waals surface area (Å²) < 4.78 is 47.9. The Hall–Kier alpha value is -5.50. The number of hydrogen-bond donors (Lipinski definition) is 2. The summed E-state index contributed by atoms with van der Waals surface area (Å²) in [5, 5.41) is 13.0. The number of nitrogens with one attached hydrogen (secondary N) is 2. The number of ether oxygens (including phenoxy) is 3. The maximum absolute atomic E-state index is 15.3. The largest absolute Gasteiger partial charge is 0.490 e. The second-order valence-electron chi connectivity index (χ2n) is 10.6. The van der Waals surface area contributed by atoms with Crippen LogP contribution in [0.25, 0.3) is 22.2 Å². The zero-order chi connectivity index (χ0) is 30.6. The minimum absolute atomic E-state index is 0.102. The molecule has 0 bridgehead atoms. The van der Waals surface area contributed by atoms with Crippen molar-refractivity contribution in [1.82, 2.24) is 15.0 Å². The Balaban J connectivity index is 1.22. The fourth-order valence-electron chi connectivity index (χ4n) is 5.00. The van der Waals surface area contributed by atoms with E-state index in [0.29, 0.717) is 46.6 Å². The molecule has 11 heteroatoms. The van der Waals surface area contributed by atoms with Crippen molar-refractivity contribution in [2.45, 2.75) is 26.4 Å². The third-order valence-electron chi connectivity index (χ3n) is 6.99. The highest BCUT2D eigenvalue weighted by Gasteiger charge is 2.21. The number of aliphatic imine (C=N–C) groups is 1. The Morgan fingerprint density at radius 1 is 1.07 bits per heavy atom. The average Bonchev–Trinajstić information content (AvgIpc) is 3.46. The number of aromatic nitrogens is 3. The smallest absolute Gasteiger partial charge is 0.289 e. The number of benzene rings is 2. The molecule has 0 spiro atoms. The minimum atomic E-state index is -0.913. The number of anilines is 1. The maximum Gasteiger partial charge on any atom is 0.289 e. The number of rotatable bonds is 8. The summed E-state index contributed by atoms with van der Waals surface area (Å²) in [6, 6.07) is 15.2. The molecule has 1 aliphatic heterocycles. The number of fused-ring (bicyclic) bond motifs is 1. The topological polar surface area (TPSA) is 117 Å². The summed E-state index contributed by atoms with van der Waals surface area (Å²) in [4.78, 5) is 15.8. The van der Waals surface area contributed by atoms with Crippen LogP contribution in [-0.2, 0) is 11.2 Å². The number of aromatic amines is 1. The summed E-state index contributed by atoms with van der Waals surface area (Å²) in [7, 11) is 0. The molecule has 0 aliphatic carbocycles. The Bertz CT molecular complexity index is 1860. The predicted molar refractivity (Wildman–Crippen MR) is 162 cm³/mol. The molecule has 44 heavy (non-hydrogen) atoms. The molecule has 2 aromatic carbocycles. The Morgan fingerprint density at radius 2 is 1.86 bits per heavy atom. The lowest BCUT2D eigenvalue weighted by molar-refractivity contribution is 0.219. The third kappa shape index (κ3) is 6.15. The van der Waals surface area contributed by atoms with Gasteiger partial charge in [0.05, 0.1) is 30.2 Å². The van der Waals surface area contributed by atoms with Crippen LogP contribution in [0.3, 0.4) is 0 Å². The molecule has 1 aliphatic rings. The van der Waals surface area contributed by atoms with Crippen LogP contribution in [0.4, 0.5) is 14.5 Å². The van der Waals surface area contributed by atoms with Gasteiger partial charge in [-0.15, -0.1) is 0 Å². The minimum Gasteiger partial charge on any atom is -0.490 e. The lowest BCUT2D eigenvalue weighted by atomic mass is 10.0. The van der Waals surface area contributed by atoms with E-state index < -0.39 is 17.4 Å². The van der Waals surface area contributed by atoms with E-state index in [1.54, 1.807) is 36.8 Å². The second-order valence-corrected chi connectivity index (χ2v) is 10.6. The zero-order valence-corrected chi connectivity index (χ0v) is 24.0. The number of amidine groups is 1. The third-order valence-corrected chi connectivity index (χ3v) is 6.99. The molecule has 1 atom stereocenters. The fourth-order valence-corrected chi connectivity index (χ4v) is 5.00. The van der Waals surface area contributed by atoms with E-state index in [2.05, 4.69) is 31.3 Å². The van der Waals surface area contributed by atoms with Gasteiger partial charge in [-0.3, -0.25) is 4.98 Å². The van der Waals surface area contributed by atoms with Crippen molar-refractivity contribution < 1.29 is 23.0 Å². The molecule has 3 aromatic heterocycles. The Kier molecular flexibility index (Phi) is 8.06. The van der Waals surface area contributed by atoms with Crippen molar-refractivity contribution in [3.05, 3.63) is 96.1 Å². The molecule has 0 fully saturated rings. The first kappa shape index (κ1) is 28.6. The molecular weight excluding hydrogens is 566 g/mol. The van der Waals surface area contributed by atoms with Gasteiger partial charge in [0.15, 0.2) is 17.4 Å². The lowest BCUT2D eigenvalue weighted by Gasteiger charge is -2.22. The first-order valence-corrected chi connectivity index (χ1v) is 14.0. The molecular formula is C33H28F2N6O3. The van der Waals surface area contributed by atoms with Gasteiger partial charge in [-0.2, -0.15) is 5.26 Å². The average molecular weight is 595 g/mol. The van der Waals surface area contributed by atoms with Crippen LogP contribution in [0, 0.1) is 28.9 Å². The van der Waals surface area contributed by atoms with Crippen molar-refractivity contribution in [1.29, 1.82) is 5.26 Å². The normalized spacial score (nSPS) is 14.5. The van der Waals surface area contributed by atoms with E-state index in [9.17, 15) is 5.26 Å². The van der Waals surface area contributed by atoms with Gasteiger partial charge in [-0.1, -0.05) is 6.07 Å². The summed E-state index contributed by atoms with van der Waals surface area (Å²) in [5.74, 6) is -1.57. The SMILES string of the molecule is CC(C)Oc1ccc(-c2c[nH]c3nccc(Oc4c(F)cc(NC5=NCC(Cc6ccncc6)CO5)cc4F)c23)cc1C#N. The van der Waals surface area contributed by atoms with Crippen LogP contribution >= 0.6 is 0 Å². The van der Waals surface area contributed by atoms with E-state index >= 15 is 8.78 Å². The molecule has 5 aromatic rings. The molecule has 1 unspecified atom stereocenters. The van der Waals surface area contributed by atoms with Gasteiger partial charge in [0.2, 0.25) is 0 Å². The van der Waals surface area contributed by atoms with Gasteiger partial charge in [0.1, 0.15) is 23.2 Å². The van der Waals surface area contributed by atoms with E-state index in [0.717, 1.165) is 24.1 Å². The van der Waals surface area contributed by atoms with Gasteiger partial charge in [0.25, 0.3) is 6.02 Å². The number of halogens is 2. The highest BCUT2D eigenvalue weighted by molar-refractivity contribution is 5.98. The molecule has 222 valence electrons. The van der Waals surface area contributed by atoms with Crippen LogP contribution in [0.2, 0.25) is 0 Å². The number of nitriles is 1. The van der Waals surface area contributed by atoms with Crippen LogP contribution in [-0.4, -0.2) is 40.2 Å². The second kappa shape index (κ2) is 12.4. The van der Waals surface area contributed by atoms with E-state index in [1.165, 1.54) is 12.3 Å². The Morgan fingerprint density at radius 3 is 2.57 bits per heavy atom.